The quantitative estimate of drug-likeness (QED) is 0.446. The minimum absolute atomic E-state index is 0.0405. The van der Waals surface area contributed by atoms with Gasteiger partial charge in [0.1, 0.15) is 0 Å². The number of anilines is 1. The molecule has 8 nitrogen and oxygen atoms in total. The maximum atomic E-state index is 12.1. The third kappa shape index (κ3) is 5.61. The summed E-state index contributed by atoms with van der Waals surface area (Å²) in [6.45, 7) is 3.37. The van der Waals surface area contributed by atoms with Gasteiger partial charge in [0.05, 0.1) is 11.3 Å². The predicted molar refractivity (Wildman–Crippen MR) is 103 cm³/mol. The zero-order valence-electron chi connectivity index (χ0n) is 14.7. The fourth-order valence-electron chi connectivity index (χ4n) is 2.18. The molecular formula is C18H17ClN4O4. The number of carbonyl (C=O) groups is 2. The van der Waals surface area contributed by atoms with Gasteiger partial charge in [-0.1, -0.05) is 23.7 Å². The van der Waals surface area contributed by atoms with Crippen LogP contribution in [0.4, 0.5) is 11.4 Å². The summed E-state index contributed by atoms with van der Waals surface area (Å²) in [5.74, 6) is -0.921. The van der Waals surface area contributed by atoms with E-state index < -0.39 is 10.8 Å². The number of nitro benzene ring substituents is 1. The number of nitrogens with zero attached hydrogens (tertiary/aromatic N) is 2. The van der Waals surface area contributed by atoms with Gasteiger partial charge in [0.2, 0.25) is 5.91 Å². The van der Waals surface area contributed by atoms with E-state index in [2.05, 4.69) is 15.8 Å². The molecule has 2 rings (SSSR count). The molecule has 2 N–H and O–H groups in total. The van der Waals surface area contributed by atoms with Crippen molar-refractivity contribution in [3.05, 3.63) is 68.7 Å². The van der Waals surface area contributed by atoms with Crippen molar-refractivity contribution in [2.75, 3.05) is 5.32 Å². The van der Waals surface area contributed by atoms with Gasteiger partial charge in [-0.05, 0) is 37.6 Å². The van der Waals surface area contributed by atoms with E-state index in [1.807, 2.05) is 0 Å². The van der Waals surface area contributed by atoms with Gasteiger partial charge < -0.3 is 5.32 Å². The lowest BCUT2D eigenvalue weighted by molar-refractivity contribution is -0.384. The molecule has 0 fully saturated rings. The van der Waals surface area contributed by atoms with Crippen LogP contribution in [0.25, 0.3) is 0 Å². The number of rotatable bonds is 6. The standard InChI is InChI=1S/C18H17ClN4O4/c1-11(9-17(24)20-16-8-4-7-15(19)12(16)2)21-22-18(25)13-5-3-6-14(10-13)23(26)27/h3-8,10H,9H2,1-2H3,(H,20,24)(H,22,25)/b21-11-. The molecule has 0 aliphatic heterocycles. The number of hydrogen-bond acceptors (Lipinski definition) is 5. The Kier molecular flexibility index (Phi) is 6.62. The molecule has 2 aromatic rings. The Bertz CT molecular complexity index is 927. The number of non-ortho nitro benzene ring substituents is 1. The van der Waals surface area contributed by atoms with E-state index >= 15 is 0 Å². The van der Waals surface area contributed by atoms with E-state index in [9.17, 15) is 19.7 Å². The molecule has 0 heterocycles. The second kappa shape index (κ2) is 8.91. The first-order chi connectivity index (χ1) is 12.8. The highest BCUT2D eigenvalue weighted by Crippen LogP contribution is 2.23. The lowest BCUT2D eigenvalue weighted by Gasteiger charge is -2.09. The maximum absolute atomic E-state index is 12.1. The number of hydrazone groups is 1. The van der Waals surface area contributed by atoms with Crippen LogP contribution in [-0.4, -0.2) is 22.4 Å². The Balaban J connectivity index is 1.96. The first kappa shape index (κ1) is 20.1. The van der Waals surface area contributed by atoms with Crippen LogP contribution in [0.2, 0.25) is 5.02 Å². The molecular weight excluding hydrogens is 372 g/mol. The Morgan fingerprint density at radius 2 is 1.93 bits per heavy atom. The van der Waals surface area contributed by atoms with Gasteiger partial charge in [-0.3, -0.25) is 19.7 Å². The van der Waals surface area contributed by atoms with Crippen molar-refractivity contribution >= 4 is 40.5 Å². The molecule has 0 atom stereocenters. The van der Waals surface area contributed by atoms with Crippen LogP contribution in [0, 0.1) is 17.0 Å². The molecule has 0 unspecified atom stereocenters. The van der Waals surface area contributed by atoms with Crippen LogP contribution in [0.1, 0.15) is 29.3 Å². The fraction of sp³-hybridized carbons (Fsp3) is 0.167. The smallest absolute Gasteiger partial charge is 0.271 e. The van der Waals surface area contributed by atoms with Crippen LogP contribution >= 0.6 is 11.6 Å². The number of amides is 2. The first-order valence-electron chi connectivity index (χ1n) is 7.91. The summed E-state index contributed by atoms with van der Waals surface area (Å²) in [7, 11) is 0. The number of hydrogen-bond donors (Lipinski definition) is 2. The van der Waals surface area contributed by atoms with Crippen LogP contribution < -0.4 is 10.7 Å². The van der Waals surface area contributed by atoms with Crippen LogP contribution in [0.5, 0.6) is 0 Å². The summed E-state index contributed by atoms with van der Waals surface area (Å²) < 4.78 is 0. The van der Waals surface area contributed by atoms with Crippen molar-refractivity contribution in [3.8, 4) is 0 Å². The van der Waals surface area contributed by atoms with Gasteiger partial charge in [0.15, 0.2) is 0 Å². The number of carbonyl (C=O) groups excluding carboxylic acids is 2. The molecule has 27 heavy (non-hydrogen) atoms. The van der Waals surface area contributed by atoms with E-state index in [-0.39, 0.29) is 23.6 Å². The van der Waals surface area contributed by atoms with E-state index in [1.54, 1.807) is 32.0 Å². The summed E-state index contributed by atoms with van der Waals surface area (Å²) >= 11 is 6.01. The summed E-state index contributed by atoms with van der Waals surface area (Å²) in [5, 5.41) is 17.9. The van der Waals surface area contributed by atoms with Gasteiger partial charge in [-0.2, -0.15) is 5.10 Å². The van der Waals surface area contributed by atoms with Gasteiger partial charge >= 0.3 is 0 Å². The summed E-state index contributed by atoms with van der Waals surface area (Å²) in [6, 6.07) is 10.5. The zero-order valence-corrected chi connectivity index (χ0v) is 15.4. The zero-order chi connectivity index (χ0) is 20.0. The molecule has 0 aromatic heterocycles. The van der Waals surface area contributed by atoms with Crippen molar-refractivity contribution in [2.45, 2.75) is 20.3 Å². The maximum Gasteiger partial charge on any atom is 0.271 e. The van der Waals surface area contributed by atoms with Crippen molar-refractivity contribution in [3.63, 3.8) is 0 Å². The second-order valence-corrected chi connectivity index (χ2v) is 6.14. The average molecular weight is 389 g/mol. The first-order valence-corrected chi connectivity index (χ1v) is 8.28. The minimum atomic E-state index is -0.607. The van der Waals surface area contributed by atoms with E-state index in [4.69, 9.17) is 11.6 Å². The number of benzene rings is 2. The molecule has 0 aliphatic rings. The van der Waals surface area contributed by atoms with Crippen molar-refractivity contribution in [2.24, 2.45) is 5.10 Å². The van der Waals surface area contributed by atoms with Gasteiger partial charge in [-0.15, -0.1) is 0 Å². The number of nitrogens with one attached hydrogen (secondary N) is 2. The Hall–Kier alpha value is -3.26. The third-order valence-corrected chi connectivity index (χ3v) is 4.04. The number of halogens is 1. The highest BCUT2D eigenvalue weighted by molar-refractivity contribution is 6.31. The molecule has 0 radical (unpaired) electrons. The normalized spacial score (nSPS) is 11.0. The molecule has 0 bridgehead atoms. The summed E-state index contributed by atoms with van der Waals surface area (Å²) in [5.41, 5.74) is 3.90. The average Bonchev–Trinajstić information content (AvgIpc) is 2.63. The van der Waals surface area contributed by atoms with Gasteiger partial charge in [0, 0.05) is 34.1 Å². The topological polar surface area (TPSA) is 114 Å². The summed E-state index contributed by atoms with van der Waals surface area (Å²) in [6.07, 6.45) is -0.0405. The minimum Gasteiger partial charge on any atom is -0.325 e. The molecule has 140 valence electrons. The van der Waals surface area contributed by atoms with E-state index in [1.165, 1.54) is 18.2 Å². The van der Waals surface area contributed by atoms with Crippen LogP contribution in [0.3, 0.4) is 0 Å². The van der Waals surface area contributed by atoms with Gasteiger partial charge in [-0.25, -0.2) is 5.43 Å². The predicted octanol–water partition coefficient (Wildman–Crippen LogP) is 3.69. The number of nitro groups is 1. The third-order valence-electron chi connectivity index (χ3n) is 3.63. The van der Waals surface area contributed by atoms with E-state index in [0.29, 0.717) is 16.4 Å². The van der Waals surface area contributed by atoms with E-state index in [0.717, 1.165) is 11.6 Å². The molecule has 2 amide bonds. The van der Waals surface area contributed by atoms with Crippen molar-refractivity contribution in [1.29, 1.82) is 0 Å². The molecule has 0 saturated heterocycles. The highest BCUT2D eigenvalue weighted by Gasteiger charge is 2.12. The van der Waals surface area contributed by atoms with Gasteiger partial charge in [0.25, 0.3) is 11.6 Å². The summed E-state index contributed by atoms with van der Waals surface area (Å²) in [4.78, 5) is 34.3. The Labute approximate surface area is 160 Å². The highest BCUT2D eigenvalue weighted by atomic mass is 35.5. The second-order valence-electron chi connectivity index (χ2n) is 5.73. The SMILES string of the molecule is C/C(CC(=O)Nc1cccc(Cl)c1C)=N/NC(=O)c1cccc([N+](=O)[O-])c1. The van der Waals surface area contributed by atoms with Crippen LogP contribution in [-0.2, 0) is 4.79 Å². The monoisotopic (exact) mass is 388 g/mol. The molecule has 9 heteroatoms. The Morgan fingerprint density at radius 3 is 2.63 bits per heavy atom. The lowest BCUT2D eigenvalue weighted by atomic mass is 10.2. The molecule has 0 spiro atoms. The Morgan fingerprint density at radius 1 is 1.22 bits per heavy atom. The van der Waals surface area contributed by atoms with Crippen LogP contribution in [0.15, 0.2) is 47.6 Å². The van der Waals surface area contributed by atoms with Crippen molar-refractivity contribution in [1.82, 2.24) is 5.43 Å². The molecule has 0 saturated carbocycles. The van der Waals surface area contributed by atoms with Crippen molar-refractivity contribution < 1.29 is 14.5 Å². The molecule has 2 aromatic carbocycles. The largest absolute Gasteiger partial charge is 0.325 e. The fourth-order valence-corrected chi connectivity index (χ4v) is 2.36. The molecule has 0 aliphatic carbocycles. The lowest BCUT2D eigenvalue weighted by Crippen LogP contribution is -2.21.